The molecule has 0 saturated heterocycles. The molecule has 0 aliphatic heterocycles. The van der Waals surface area contributed by atoms with Crippen LogP contribution < -0.4 is 5.32 Å². The summed E-state index contributed by atoms with van der Waals surface area (Å²) in [6.07, 6.45) is 2.21. The molecule has 2 aromatic carbocycles. The SMILES string of the molecule is CCC(C)(C)NC(=O)c1cc(-c2ccc(Cl)c(F)c2)cc(-n2cnnn2)c1. The summed E-state index contributed by atoms with van der Waals surface area (Å²) in [6, 6.07) is 9.68. The fraction of sp³-hybridized carbons (Fsp3) is 0.263. The van der Waals surface area contributed by atoms with Gasteiger partial charge in [0, 0.05) is 11.1 Å². The maximum absolute atomic E-state index is 13.9. The summed E-state index contributed by atoms with van der Waals surface area (Å²) in [6.45, 7) is 5.90. The highest BCUT2D eigenvalue weighted by molar-refractivity contribution is 6.30. The first-order valence-electron chi connectivity index (χ1n) is 8.45. The number of carbonyl (C=O) groups excluding carboxylic acids is 1. The molecule has 0 fully saturated rings. The van der Waals surface area contributed by atoms with E-state index in [1.807, 2.05) is 20.8 Å². The minimum absolute atomic E-state index is 0.0399. The Morgan fingerprint density at radius 1 is 1.22 bits per heavy atom. The summed E-state index contributed by atoms with van der Waals surface area (Å²) in [5.41, 5.74) is 1.91. The number of hydrogen-bond donors (Lipinski definition) is 1. The highest BCUT2D eigenvalue weighted by Gasteiger charge is 2.20. The Bertz CT molecular complexity index is 972. The average molecular weight is 388 g/mol. The van der Waals surface area contributed by atoms with E-state index in [4.69, 9.17) is 11.6 Å². The molecule has 0 unspecified atom stereocenters. The minimum atomic E-state index is -0.528. The van der Waals surface area contributed by atoms with E-state index in [1.165, 1.54) is 23.1 Å². The van der Waals surface area contributed by atoms with Crippen LogP contribution in [0.3, 0.4) is 0 Å². The molecule has 0 aliphatic rings. The van der Waals surface area contributed by atoms with E-state index in [-0.39, 0.29) is 16.5 Å². The van der Waals surface area contributed by atoms with Crippen molar-refractivity contribution >= 4 is 17.5 Å². The summed E-state index contributed by atoms with van der Waals surface area (Å²) in [5.74, 6) is -0.757. The largest absolute Gasteiger partial charge is 0.347 e. The van der Waals surface area contributed by atoms with Gasteiger partial charge in [0.15, 0.2) is 0 Å². The predicted molar refractivity (Wildman–Crippen MR) is 101 cm³/mol. The molecular formula is C19H19ClFN5O. The maximum atomic E-state index is 13.9. The van der Waals surface area contributed by atoms with Gasteiger partial charge in [0.05, 0.1) is 10.7 Å². The van der Waals surface area contributed by atoms with Crippen LogP contribution >= 0.6 is 11.6 Å². The molecule has 8 heteroatoms. The van der Waals surface area contributed by atoms with E-state index < -0.39 is 5.82 Å². The second-order valence-electron chi connectivity index (χ2n) is 6.84. The van der Waals surface area contributed by atoms with Crippen molar-refractivity contribution < 1.29 is 9.18 Å². The van der Waals surface area contributed by atoms with Crippen LogP contribution in [0.15, 0.2) is 42.7 Å². The predicted octanol–water partition coefficient (Wildman–Crippen LogP) is 4.04. The summed E-state index contributed by atoms with van der Waals surface area (Å²) in [5, 5.41) is 14.2. The number of aromatic nitrogens is 4. The zero-order valence-electron chi connectivity index (χ0n) is 15.2. The second kappa shape index (κ2) is 7.44. The van der Waals surface area contributed by atoms with Gasteiger partial charge in [-0.2, -0.15) is 0 Å². The smallest absolute Gasteiger partial charge is 0.251 e. The molecule has 3 aromatic rings. The molecular weight excluding hydrogens is 369 g/mol. The van der Waals surface area contributed by atoms with Gasteiger partial charge in [-0.1, -0.05) is 24.6 Å². The fourth-order valence-corrected chi connectivity index (χ4v) is 2.58. The number of tetrazole rings is 1. The summed E-state index contributed by atoms with van der Waals surface area (Å²) in [4.78, 5) is 12.8. The summed E-state index contributed by atoms with van der Waals surface area (Å²) in [7, 11) is 0. The van der Waals surface area contributed by atoms with E-state index in [0.717, 1.165) is 6.42 Å². The Balaban J connectivity index is 2.09. The third-order valence-corrected chi connectivity index (χ3v) is 4.69. The average Bonchev–Trinajstić information content (AvgIpc) is 3.18. The highest BCUT2D eigenvalue weighted by atomic mass is 35.5. The molecule has 140 valence electrons. The molecule has 1 N–H and O–H groups in total. The molecule has 0 aliphatic carbocycles. The third-order valence-electron chi connectivity index (χ3n) is 4.38. The Hall–Kier alpha value is -2.80. The Labute approximate surface area is 161 Å². The Morgan fingerprint density at radius 2 is 2.00 bits per heavy atom. The molecule has 3 rings (SSSR count). The van der Waals surface area contributed by atoms with Gasteiger partial charge in [-0.05, 0) is 72.2 Å². The van der Waals surface area contributed by atoms with Crippen LogP contribution in [0.2, 0.25) is 5.02 Å². The molecule has 0 spiro atoms. The van der Waals surface area contributed by atoms with Gasteiger partial charge in [0.2, 0.25) is 0 Å². The molecule has 0 radical (unpaired) electrons. The van der Waals surface area contributed by atoms with Crippen molar-refractivity contribution in [2.45, 2.75) is 32.7 Å². The zero-order valence-corrected chi connectivity index (χ0v) is 16.0. The van der Waals surface area contributed by atoms with E-state index in [1.54, 1.807) is 24.3 Å². The first kappa shape index (κ1) is 19.0. The number of hydrogen-bond acceptors (Lipinski definition) is 4. The van der Waals surface area contributed by atoms with Gasteiger partial charge < -0.3 is 5.32 Å². The third kappa shape index (κ3) is 4.31. The lowest BCUT2D eigenvalue weighted by atomic mass is 9.99. The number of carbonyl (C=O) groups is 1. The lowest BCUT2D eigenvalue weighted by molar-refractivity contribution is 0.0911. The Morgan fingerprint density at radius 3 is 2.63 bits per heavy atom. The monoisotopic (exact) mass is 387 g/mol. The van der Waals surface area contributed by atoms with Crippen LogP contribution in [-0.4, -0.2) is 31.7 Å². The molecule has 27 heavy (non-hydrogen) atoms. The lowest BCUT2D eigenvalue weighted by Crippen LogP contribution is -2.42. The molecule has 1 aromatic heterocycles. The Kier molecular flexibility index (Phi) is 5.23. The number of benzene rings is 2. The van der Waals surface area contributed by atoms with E-state index in [2.05, 4.69) is 20.8 Å². The first-order chi connectivity index (χ1) is 12.8. The molecule has 0 atom stereocenters. The van der Waals surface area contributed by atoms with Crippen molar-refractivity contribution in [3.05, 3.63) is 59.1 Å². The number of halogens is 2. The van der Waals surface area contributed by atoms with Gasteiger partial charge >= 0.3 is 0 Å². The second-order valence-corrected chi connectivity index (χ2v) is 7.25. The van der Waals surface area contributed by atoms with Crippen LogP contribution in [0.1, 0.15) is 37.6 Å². The lowest BCUT2D eigenvalue weighted by Gasteiger charge is -2.24. The van der Waals surface area contributed by atoms with E-state index >= 15 is 0 Å². The number of nitrogens with one attached hydrogen (secondary N) is 1. The standard InChI is InChI=1S/C19H19ClFN5O/c1-4-19(2,3)23-18(27)14-7-13(12-5-6-16(20)17(21)10-12)8-15(9-14)26-11-22-24-25-26/h5-11H,4H2,1-3H3,(H,23,27). The fourth-order valence-electron chi connectivity index (χ4n) is 2.46. The number of rotatable bonds is 5. The van der Waals surface area contributed by atoms with Gasteiger partial charge in [-0.3, -0.25) is 4.79 Å². The molecule has 0 bridgehead atoms. The van der Waals surface area contributed by atoms with Gasteiger partial charge in [0.25, 0.3) is 5.91 Å². The van der Waals surface area contributed by atoms with Gasteiger partial charge in [-0.25, -0.2) is 9.07 Å². The van der Waals surface area contributed by atoms with Crippen molar-refractivity contribution in [3.63, 3.8) is 0 Å². The first-order valence-corrected chi connectivity index (χ1v) is 8.83. The van der Waals surface area contributed by atoms with Crippen LogP contribution in [0, 0.1) is 5.82 Å². The van der Waals surface area contributed by atoms with E-state index in [9.17, 15) is 9.18 Å². The van der Waals surface area contributed by atoms with Crippen LogP contribution in [-0.2, 0) is 0 Å². The van der Waals surface area contributed by atoms with Crippen molar-refractivity contribution in [3.8, 4) is 16.8 Å². The van der Waals surface area contributed by atoms with Crippen molar-refractivity contribution in [2.24, 2.45) is 0 Å². The normalized spacial score (nSPS) is 11.4. The highest BCUT2D eigenvalue weighted by Crippen LogP contribution is 2.27. The van der Waals surface area contributed by atoms with Gasteiger partial charge in [0.1, 0.15) is 12.1 Å². The van der Waals surface area contributed by atoms with E-state index in [0.29, 0.717) is 22.4 Å². The molecule has 1 heterocycles. The summed E-state index contributed by atoms with van der Waals surface area (Å²) < 4.78 is 15.4. The van der Waals surface area contributed by atoms with Crippen LogP contribution in [0.5, 0.6) is 0 Å². The number of nitrogens with zero attached hydrogens (tertiary/aromatic N) is 4. The number of amides is 1. The van der Waals surface area contributed by atoms with Gasteiger partial charge in [-0.15, -0.1) is 5.10 Å². The van der Waals surface area contributed by atoms with Crippen LogP contribution in [0.25, 0.3) is 16.8 Å². The zero-order chi connectivity index (χ0) is 19.6. The minimum Gasteiger partial charge on any atom is -0.347 e. The topological polar surface area (TPSA) is 72.7 Å². The molecule has 0 saturated carbocycles. The maximum Gasteiger partial charge on any atom is 0.251 e. The molecule has 6 nitrogen and oxygen atoms in total. The quantitative estimate of drug-likeness (QED) is 0.717. The summed E-state index contributed by atoms with van der Waals surface area (Å²) >= 11 is 5.78. The van der Waals surface area contributed by atoms with Crippen molar-refractivity contribution in [1.29, 1.82) is 0 Å². The van der Waals surface area contributed by atoms with Crippen molar-refractivity contribution in [2.75, 3.05) is 0 Å². The molecule has 1 amide bonds. The van der Waals surface area contributed by atoms with Crippen LogP contribution in [0.4, 0.5) is 4.39 Å². The van der Waals surface area contributed by atoms with Crippen molar-refractivity contribution in [1.82, 2.24) is 25.5 Å².